The molecule has 158 valence electrons. The number of aliphatic hydroxyl groups excluding tert-OH is 1. The van der Waals surface area contributed by atoms with Crippen LogP contribution in [0.3, 0.4) is 0 Å². The molecule has 2 N–H and O–H groups in total. The largest absolute Gasteiger partial charge is 0.393 e. The summed E-state index contributed by atoms with van der Waals surface area (Å²) in [5, 5.41) is 21.4. The zero-order valence-corrected chi connectivity index (χ0v) is 18.6. The number of hydrogen-bond acceptors (Lipinski definition) is 2. The van der Waals surface area contributed by atoms with E-state index in [1.165, 1.54) is 36.8 Å². The lowest BCUT2D eigenvalue weighted by atomic mass is 9.59. The Morgan fingerprint density at radius 2 is 1.96 bits per heavy atom. The number of fused-ring (bicyclic) bond motifs is 1. The van der Waals surface area contributed by atoms with Gasteiger partial charge in [-0.1, -0.05) is 50.6 Å². The predicted molar refractivity (Wildman–Crippen MR) is 118 cm³/mol. The highest BCUT2D eigenvalue weighted by molar-refractivity contribution is 5.36. The number of hydrogen-bond donors (Lipinski definition) is 2. The lowest BCUT2D eigenvalue weighted by molar-refractivity contribution is -0.0667. The SMILES string of the molecule is C=C1CC[C@H](O)C/C1=C/C=C1\CCCC2(C)C1CCC2[C@](C)(O)CCC(C)C. The van der Waals surface area contributed by atoms with E-state index < -0.39 is 5.60 Å². The van der Waals surface area contributed by atoms with Crippen molar-refractivity contribution >= 4 is 0 Å². The molecule has 3 saturated carbocycles. The minimum absolute atomic E-state index is 0.210. The summed E-state index contributed by atoms with van der Waals surface area (Å²) in [6.45, 7) is 13.3. The lowest BCUT2D eigenvalue weighted by Crippen LogP contribution is -2.45. The van der Waals surface area contributed by atoms with Crippen molar-refractivity contribution in [1.29, 1.82) is 0 Å². The predicted octanol–water partition coefficient (Wildman–Crippen LogP) is 6.34. The Morgan fingerprint density at radius 1 is 1.21 bits per heavy atom. The van der Waals surface area contributed by atoms with Crippen LogP contribution in [0.15, 0.2) is 35.5 Å². The quantitative estimate of drug-likeness (QED) is 0.578. The Bertz CT molecular complexity index is 639. The van der Waals surface area contributed by atoms with Crippen LogP contribution in [0, 0.1) is 23.2 Å². The van der Waals surface area contributed by atoms with Gasteiger partial charge in [0.2, 0.25) is 0 Å². The second-order valence-electron chi connectivity index (χ2n) is 10.8. The van der Waals surface area contributed by atoms with Gasteiger partial charge in [-0.05, 0) is 99.9 Å². The third-order valence-corrected chi connectivity index (χ3v) is 8.13. The highest BCUT2D eigenvalue weighted by Crippen LogP contribution is 2.60. The molecule has 0 aromatic carbocycles. The van der Waals surface area contributed by atoms with E-state index in [1.807, 2.05) is 0 Å². The Balaban J connectivity index is 1.78. The average molecular weight is 387 g/mol. The maximum atomic E-state index is 11.4. The summed E-state index contributed by atoms with van der Waals surface area (Å²) in [4.78, 5) is 0. The average Bonchev–Trinajstić information content (AvgIpc) is 2.99. The molecule has 0 amide bonds. The first-order valence-electron chi connectivity index (χ1n) is 11.6. The van der Waals surface area contributed by atoms with Gasteiger partial charge >= 0.3 is 0 Å². The Labute approximate surface area is 172 Å². The van der Waals surface area contributed by atoms with Gasteiger partial charge in [0.25, 0.3) is 0 Å². The molecule has 28 heavy (non-hydrogen) atoms. The first kappa shape index (κ1) is 21.8. The van der Waals surface area contributed by atoms with Crippen molar-refractivity contribution in [1.82, 2.24) is 0 Å². The van der Waals surface area contributed by atoms with Crippen LogP contribution in [0.4, 0.5) is 0 Å². The number of aliphatic hydroxyl groups is 2. The molecule has 0 aromatic heterocycles. The maximum Gasteiger partial charge on any atom is 0.0653 e. The highest BCUT2D eigenvalue weighted by atomic mass is 16.3. The van der Waals surface area contributed by atoms with Crippen molar-refractivity contribution < 1.29 is 10.2 Å². The lowest BCUT2D eigenvalue weighted by Gasteiger charge is -2.47. The first-order chi connectivity index (χ1) is 13.1. The molecule has 0 saturated heterocycles. The van der Waals surface area contributed by atoms with Crippen LogP contribution >= 0.6 is 0 Å². The van der Waals surface area contributed by atoms with E-state index in [0.717, 1.165) is 38.5 Å². The van der Waals surface area contributed by atoms with Gasteiger partial charge in [0.15, 0.2) is 0 Å². The fourth-order valence-electron chi connectivity index (χ4n) is 6.41. The summed E-state index contributed by atoms with van der Waals surface area (Å²) in [5.74, 6) is 1.63. The fraction of sp³-hybridized carbons (Fsp3) is 0.769. The topological polar surface area (TPSA) is 40.5 Å². The second kappa shape index (κ2) is 8.48. The van der Waals surface area contributed by atoms with Crippen LogP contribution in [0.25, 0.3) is 0 Å². The van der Waals surface area contributed by atoms with Gasteiger partial charge in [0, 0.05) is 0 Å². The maximum absolute atomic E-state index is 11.4. The molecular formula is C26H42O2. The van der Waals surface area contributed by atoms with Gasteiger partial charge in [-0.3, -0.25) is 0 Å². The van der Waals surface area contributed by atoms with Gasteiger partial charge in [-0.2, -0.15) is 0 Å². The summed E-state index contributed by atoms with van der Waals surface area (Å²) in [6, 6.07) is 0. The van der Waals surface area contributed by atoms with Crippen LogP contribution < -0.4 is 0 Å². The van der Waals surface area contributed by atoms with Gasteiger partial charge in [0.1, 0.15) is 0 Å². The van der Waals surface area contributed by atoms with Crippen LogP contribution in [0.1, 0.15) is 91.9 Å². The molecule has 0 heterocycles. The molecule has 3 aliphatic carbocycles. The van der Waals surface area contributed by atoms with Crippen LogP contribution in [-0.4, -0.2) is 21.9 Å². The first-order valence-corrected chi connectivity index (χ1v) is 11.6. The fourth-order valence-corrected chi connectivity index (χ4v) is 6.41. The molecule has 3 unspecified atom stereocenters. The third kappa shape index (κ3) is 4.49. The molecule has 0 bridgehead atoms. The third-order valence-electron chi connectivity index (χ3n) is 8.13. The molecule has 3 aliphatic rings. The molecule has 2 nitrogen and oxygen atoms in total. The standard InChI is InChI=1S/C26H42O2/c1-18(2)14-16-26(5,28)24-13-12-23-20(7-6-15-25(23,24)4)9-10-21-17-22(27)11-8-19(21)3/h9-10,18,22-24,27-28H,3,6-8,11-17H2,1-2,4-5H3/b20-9+,21-10-/t22-,23?,24?,25?,26+/m0/s1. The van der Waals surface area contributed by atoms with Crippen LogP contribution in [-0.2, 0) is 0 Å². The molecular weight excluding hydrogens is 344 g/mol. The van der Waals surface area contributed by atoms with Crippen molar-refractivity contribution in [3.8, 4) is 0 Å². The smallest absolute Gasteiger partial charge is 0.0653 e. The summed E-state index contributed by atoms with van der Waals surface area (Å²) >= 11 is 0. The second-order valence-corrected chi connectivity index (χ2v) is 10.8. The Morgan fingerprint density at radius 3 is 2.68 bits per heavy atom. The van der Waals surface area contributed by atoms with E-state index in [1.54, 1.807) is 5.57 Å². The van der Waals surface area contributed by atoms with Crippen LogP contribution in [0.2, 0.25) is 0 Å². The van der Waals surface area contributed by atoms with E-state index in [4.69, 9.17) is 0 Å². The zero-order chi connectivity index (χ0) is 20.5. The highest BCUT2D eigenvalue weighted by Gasteiger charge is 2.54. The zero-order valence-electron chi connectivity index (χ0n) is 18.6. The molecule has 2 heteroatoms. The number of rotatable bonds is 5. The normalized spacial score (nSPS) is 38.8. The Kier molecular flexibility index (Phi) is 6.61. The molecule has 3 fully saturated rings. The summed E-state index contributed by atoms with van der Waals surface area (Å²) in [7, 11) is 0. The van der Waals surface area contributed by atoms with E-state index in [0.29, 0.717) is 17.8 Å². The molecule has 0 aromatic rings. The van der Waals surface area contributed by atoms with E-state index in [-0.39, 0.29) is 11.5 Å². The van der Waals surface area contributed by atoms with Gasteiger partial charge in [-0.15, -0.1) is 0 Å². The Hall–Kier alpha value is -0.860. The molecule has 0 radical (unpaired) electrons. The molecule has 5 atom stereocenters. The summed E-state index contributed by atoms with van der Waals surface area (Å²) in [6.07, 6.45) is 14.9. The van der Waals surface area contributed by atoms with Gasteiger partial charge in [0.05, 0.1) is 11.7 Å². The van der Waals surface area contributed by atoms with Crippen molar-refractivity contribution in [3.05, 3.63) is 35.5 Å². The minimum Gasteiger partial charge on any atom is -0.393 e. The monoisotopic (exact) mass is 386 g/mol. The van der Waals surface area contributed by atoms with Crippen molar-refractivity contribution in [3.63, 3.8) is 0 Å². The minimum atomic E-state index is -0.559. The van der Waals surface area contributed by atoms with E-state index >= 15 is 0 Å². The summed E-state index contributed by atoms with van der Waals surface area (Å²) < 4.78 is 0. The van der Waals surface area contributed by atoms with Crippen molar-refractivity contribution in [2.24, 2.45) is 23.2 Å². The molecule has 3 rings (SSSR count). The van der Waals surface area contributed by atoms with Gasteiger partial charge < -0.3 is 10.2 Å². The van der Waals surface area contributed by atoms with Gasteiger partial charge in [-0.25, -0.2) is 0 Å². The number of allylic oxidation sites excluding steroid dienone is 4. The molecule has 0 spiro atoms. The van der Waals surface area contributed by atoms with E-state index in [2.05, 4.69) is 46.4 Å². The van der Waals surface area contributed by atoms with Crippen molar-refractivity contribution in [2.75, 3.05) is 0 Å². The van der Waals surface area contributed by atoms with E-state index in [9.17, 15) is 10.2 Å². The van der Waals surface area contributed by atoms with Crippen LogP contribution in [0.5, 0.6) is 0 Å². The van der Waals surface area contributed by atoms with Crippen molar-refractivity contribution in [2.45, 2.75) is 104 Å². The summed E-state index contributed by atoms with van der Waals surface area (Å²) in [5.41, 5.74) is 3.65. The molecule has 0 aliphatic heterocycles.